The third-order valence-corrected chi connectivity index (χ3v) is 3.39. The number of Topliss-reactive ketones (excluding diaryl/α,β-unsaturated/α-hetero) is 1. The molecule has 0 aliphatic heterocycles. The van der Waals surface area contributed by atoms with E-state index in [9.17, 15) is 32.9 Å². The number of carbonyl (C=O) groups excluding carboxylic acids is 2. The lowest BCUT2D eigenvalue weighted by molar-refractivity contribution is -0.385. The number of hydrogen-bond donors (Lipinski definition) is 0. The summed E-state index contributed by atoms with van der Waals surface area (Å²) in [6, 6.07) is 7.78. The van der Waals surface area contributed by atoms with Gasteiger partial charge in [-0.15, -0.1) is 13.2 Å². The van der Waals surface area contributed by atoms with Crippen LogP contribution in [0.25, 0.3) is 0 Å². The summed E-state index contributed by atoms with van der Waals surface area (Å²) in [5, 5.41) is 10.9. The van der Waals surface area contributed by atoms with Gasteiger partial charge in [0.15, 0.2) is 6.61 Å². The summed E-state index contributed by atoms with van der Waals surface area (Å²) in [5.74, 6) is -2.12. The molecule has 0 radical (unpaired) electrons. The zero-order chi connectivity index (χ0) is 20.2. The van der Waals surface area contributed by atoms with Crippen molar-refractivity contribution in [2.75, 3.05) is 6.61 Å². The van der Waals surface area contributed by atoms with E-state index in [0.29, 0.717) is 5.56 Å². The van der Waals surface area contributed by atoms with Crippen LogP contribution >= 0.6 is 0 Å². The quantitative estimate of drug-likeness (QED) is 0.325. The molecule has 142 valence electrons. The van der Waals surface area contributed by atoms with E-state index in [4.69, 9.17) is 4.74 Å². The van der Waals surface area contributed by atoms with E-state index in [2.05, 4.69) is 4.74 Å². The van der Waals surface area contributed by atoms with Gasteiger partial charge in [-0.3, -0.25) is 14.9 Å². The monoisotopic (exact) mass is 383 g/mol. The number of nitro groups is 1. The zero-order valence-electron chi connectivity index (χ0n) is 13.8. The highest BCUT2D eigenvalue weighted by Gasteiger charge is 2.31. The Hall–Kier alpha value is -3.43. The Morgan fingerprint density at radius 3 is 2.22 bits per heavy atom. The molecule has 0 aromatic heterocycles. The van der Waals surface area contributed by atoms with Crippen molar-refractivity contribution in [3.63, 3.8) is 0 Å². The number of ketones is 1. The molecular weight excluding hydrogens is 371 g/mol. The summed E-state index contributed by atoms with van der Waals surface area (Å²) in [6.07, 6.45) is -4.86. The molecule has 2 aromatic rings. The predicted molar refractivity (Wildman–Crippen MR) is 85.6 cm³/mol. The molecule has 0 unspecified atom stereocenters. The molecule has 0 spiro atoms. The average Bonchev–Trinajstić information content (AvgIpc) is 2.58. The van der Waals surface area contributed by atoms with Gasteiger partial charge in [-0.1, -0.05) is 12.1 Å². The van der Waals surface area contributed by atoms with E-state index in [1.807, 2.05) is 0 Å². The Bertz CT molecular complexity index is 877. The second-order valence-corrected chi connectivity index (χ2v) is 5.33. The van der Waals surface area contributed by atoms with Crippen LogP contribution in [0.15, 0.2) is 42.5 Å². The van der Waals surface area contributed by atoms with Crippen molar-refractivity contribution in [1.29, 1.82) is 0 Å². The van der Waals surface area contributed by atoms with Crippen molar-refractivity contribution < 1.29 is 37.2 Å². The minimum atomic E-state index is -4.86. The Balaban J connectivity index is 2.00. The van der Waals surface area contributed by atoms with Crippen LogP contribution in [0.4, 0.5) is 18.9 Å². The predicted octanol–water partition coefficient (Wildman–Crippen LogP) is 3.84. The van der Waals surface area contributed by atoms with Gasteiger partial charge in [-0.2, -0.15) is 0 Å². The maximum atomic E-state index is 12.1. The van der Waals surface area contributed by atoms with E-state index in [-0.39, 0.29) is 16.8 Å². The van der Waals surface area contributed by atoms with E-state index >= 15 is 0 Å². The maximum Gasteiger partial charge on any atom is 0.573 e. The number of nitrogens with zero attached hydrogens (tertiary/aromatic N) is 1. The van der Waals surface area contributed by atoms with Crippen LogP contribution in [0.5, 0.6) is 5.75 Å². The van der Waals surface area contributed by atoms with E-state index in [1.54, 1.807) is 0 Å². The molecular formula is C17H12F3NO6. The van der Waals surface area contributed by atoms with Gasteiger partial charge in [0.2, 0.25) is 5.78 Å². The number of nitro benzene ring substituents is 1. The maximum absolute atomic E-state index is 12.1. The molecule has 27 heavy (non-hydrogen) atoms. The van der Waals surface area contributed by atoms with Crippen LogP contribution in [0, 0.1) is 17.0 Å². The fraction of sp³-hybridized carbons (Fsp3) is 0.176. The highest BCUT2D eigenvalue weighted by atomic mass is 19.4. The highest BCUT2D eigenvalue weighted by molar-refractivity contribution is 5.99. The van der Waals surface area contributed by atoms with Crippen LogP contribution in [-0.4, -0.2) is 29.6 Å². The van der Waals surface area contributed by atoms with Crippen molar-refractivity contribution in [2.24, 2.45) is 0 Å². The minimum absolute atomic E-state index is 0.00553. The standard InChI is InChI=1S/C17H12F3NO6/c1-10-2-3-12(8-14(10)21(24)25)15(22)9-26-16(23)11-4-6-13(7-5-11)27-17(18,19)20/h2-8H,9H2,1H3. The van der Waals surface area contributed by atoms with Crippen LogP contribution in [-0.2, 0) is 4.74 Å². The molecule has 7 nitrogen and oxygen atoms in total. The molecule has 10 heteroatoms. The second kappa shape index (κ2) is 7.85. The van der Waals surface area contributed by atoms with Crippen LogP contribution < -0.4 is 4.74 Å². The normalized spacial score (nSPS) is 11.0. The molecule has 0 aliphatic rings. The van der Waals surface area contributed by atoms with E-state index < -0.39 is 35.4 Å². The topological polar surface area (TPSA) is 95.7 Å². The van der Waals surface area contributed by atoms with Crippen molar-refractivity contribution in [3.8, 4) is 5.75 Å². The van der Waals surface area contributed by atoms with Gasteiger partial charge in [0.25, 0.3) is 5.69 Å². The largest absolute Gasteiger partial charge is 0.573 e. The average molecular weight is 383 g/mol. The Labute approximate surface area is 150 Å². The third kappa shape index (κ3) is 5.53. The number of esters is 1. The van der Waals surface area contributed by atoms with Crippen molar-refractivity contribution in [1.82, 2.24) is 0 Å². The molecule has 0 fully saturated rings. The smallest absolute Gasteiger partial charge is 0.454 e. The van der Waals surface area contributed by atoms with Crippen molar-refractivity contribution in [3.05, 3.63) is 69.3 Å². The summed E-state index contributed by atoms with van der Waals surface area (Å²) in [5.41, 5.74) is 0.0309. The van der Waals surface area contributed by atoms with Crippen molar-refractivity contribution >= 4 is 17.4 Å². The number of carbonyl (C=O) groups is 2. The molecule has 0 saturated heterocycles. The molecule has 0 atom stereocenters. The van der Waals surface area contributed by atoms with E-state index in [0.717, 1.165) is 30.3 Å². The van der Waals surface area contributed by atoms with Gasteiger partial charge in [-0.25, -0.2) is 4.79 Å². The summed E-state index contributed by atoms with van der Waals surface area (Å²) in [7, 11) is 0. The van der Waals surface area contributed by atoms with Gasteiger partial charge in [-0.05, 0) is 31.2 Å². The number of rotatable bonds is 6. The Morgan fingerprint density at radius 2 is 1.67 bits per heavy atom. The zero-order valence-corrected chi connectivity index (χ0v) is 13.8. The summed E-state index contributed by atoms with van der Waals surface area (Å²) in [4.78, 5) is 34.1. The first-order valence-electron chi connectivity index (χ1n) is 7.38. The summed E-state index contributed by atoms with van der Waals surface area (Å²) >= 11 is 0. The molecule has 0 heterocycles. The molecule has 0 bridgehead atoms. The number of benzene rings is 2. The number of aryl methyl sites for hydroxylation is 1. The van der Waals surface area contributed by atoms with Gasteiger partial charge >= 0.3 is 12.3 Å². The Morgan fingerprint density at radius 1 is 1.07 bits per heavy atom. The fourth-order valence-corrected chi connectivity index (χ4v) is 2.07. The number of alkyl halides is 3. The van der Waals surface area contributed by atoms with Gasteiger partial charge < -0.3 is 9.47 Å². The number of hydrogen-bond acceptors (Lipinski definition) is 6. The van der Waals surface area contributed by atoms with Crippen LogP contribution in [0.2, 0.25) is 0 Å². The van der Waals surface area contributed by atoms with Crippen LogP contribution in [0.1, 0.15) is 26.3 Å². The first-order valence-corrected chi connectivity index (χ1v) is 7.38. The third-order valence-electron chi connectivity index (χ3n) is 3.39. The number of halogens is 3. The first-order chi connectivity index (χ1) is 12.6. The fourth-order valence-electron chi connectivity index (χ4n) is 2.07. The van der Waals surface area contributed by atoms with Crippen molar-refractivity contribution in [2.45, 2.75) is 13.3 Å². The van der Waals surface area contributed by atoms with Gasteiger partial charge in [0, 0.05) is 17.2 Å². The molecule has 0 saturated carbocycles. The lowest BCUT2D eigenvalue weighted by Gasteiger charge is -2.09. The molecule has 0 amide bonds. The molecule has 2 rings (SSSR count). The second-order valence-electron chi connectivity index (χ2n) is 5.33. The lowest BCUT2D eigenvalue weighted by Crippen LogP contribution is -2.17. The number of ether oxygens (including phenoxy) is 2. The summed E-state index contributed by atoms with van der Waals surface area (Å²) in [6.45, 7) is 0.832. The van der Waals surface area contributed by atoms with Crippen LogP contribution in [0.3, 0.4) is 0 Å². The first kappa shape index (κ1) is 19.9. The van der Waals surface area contributed by atoms with Gasteiger partial charge in [0.05, 0.1) is 10.5 Å². The molecule has 0 N–H and O–H groups in total. The van der Waals surface area contributed by atoms with Gasteiger partial charge in [0.1, 0.15) is 5.75 Å². The summed E-state index contributed by atoms with van der Waals surface area (Å²) < 4.78 is 44.7. The molecule has 2 aromatic carbocycles. The van der Waals surface area contributed by atoms with E-state index in [1.165, 1.54) is 19.1 Å². The minimum Gasteiger partial charge on any atom is -0.454 e. The highest BCUT2D eigenvalue weighted by Crippen LogP contribution is 2.23. The SMILES string of the molecule is Cc1ccc(C(=O)COC(=O)c2ccc(OC(F)(F)F)cc2)cc1[N+](=O)[O-]. The Kier molecular flexibility index (Phi) is 5.78. The lowest BCUT2D eigenvalue weighted by atomic mass is 10.1. The molecule has 0 aliphatic carbocycles.